The molecule has 0 atom stereocenters. The van der Waals surface area contributed by atoms with Gasteiger partial charge in [0.25, 0.3) is 11.5 Å². The van der Waals surface area contributed by atoms with Gasteiger partial charge in [-0.1, -0.05) is 0 Å². The van der Waals surface area contributed by atoms with Gasteiger partial charge in [0.2, 0.25) is 5.89 Å². The summed E-state index contributed by atoms with van der Waals surface area (Å²) in [6.07, 6.45) is 1.29. The number of hydrogen-bond donors (Lipinski definition) is 2. The molecule has 1 aliphatic heterocycles. The number of aromatic nitrogens is 3. The first-order valence-electron chi connectivity index (χ1n) is 7.46. The summed E-state index contributed by atoms with van der Waals surface area (Å²) in [7, 11) is 0. The first kappa shape index (κ1) is 15.3. The largest absolute Gasteiger partial charge is 0.442 e. The first-order valence-corrected chi connectivity index (χ1v) is 7.46. The summed E-state index contributed by atoms with van der Waals surface area (Å²) in [5.74, 6) is -0.102. The van der Waals surface area contributed by atoms with Gasteiger partial charge in [-0.15, -0.1) is 0 Å². The zero-order valence-corrected chi connectivity index (χ0v) is 13.0. The van der Waals surface area contributed by atoms with Crippen molar-refractivity contribution in [3.05, 3.63) is 28.4 Å². The molecule has 2 N–H and O–H groups in total. The van der Waals surface area contributed by atoms with Crippen LogP contribution in [0.15, 0.2) is 21.5 Å². The second-order valence-corrected chi connectivity index (χ2v) is 5.55. The predicted molar refractivity (Wildman–Crippen MR) is 81.9 cm³/mol. The van der Waals surface area contributed by atoms with Crippen molar-refractivity contribution in [2.45, 2.75) is 19.9 Å². The molecule has 1 fully saturated rings. The number of aromatic amines is 1. The van der Waals surface area contributed by atoms with Crippen LogP contribution in [0.1, 0.15) is 24.3 Å². The average molecular weight is 321 g/mol. The Hall–Kier alpha value is -2.55. The topological polar surface area (TPSA) is 105 Å². The number of amides is 1. The third-order valence-corrected chi connectivity index (χ3v) is 3.36. The van der Waals surface area contributed by atoms with E-state index in [4.69, 9.17) is 9.15 Å². The normalized spacial score (nSPS) is 15.2. The van der Waals surface area contributed by atoms with Gasteiger partial charge in [-0.05, 0) is 13.8 Å². The molecule has 0 radical (unpaired) electrons. The molecular formula is C14H19N5O4. The van der Waals surface area contributed by atoms with Crippen LogP contribution in [-0.4, -0.2) is 53.1 Å². The number of oxazole rings is 1. The standard InChI is InChI=1S/C14H19N5O4/c1-9(2)15-13(21)10-8-23-14(16-10)11-7-12(20)17-19(11)18-3-5-22-6-4-18/h7-9H,3-6H2,1-2H3,(H,15,21)(H,17,20). The fourth-order valence-corrected chi connectivity index (χ4v) is 2.34. The van der Waals surface area contributed by atoms with Gasteiger partial charge in [-0.25, -0.2) is 10.1 Å². The number of carbonyl (C=O) groups is 1. The van der Waals surface area contributed by atoms with E-state index in [1.54, 1.807) is 4.79 Å². The molecule has 2 aromatic rings. The molecule has 1 saturated heterocycles. The molecule has 9 nitrogen and oxygen atoms in total. The molecule has 1 amide bonds. The van der Waals surface area contributed by atoms with E-state index in [2.05, 4.69) is 15.4 Å². The van der Waals surface area contributed by atoms with Crippen molar-refractivity contribution in [2.24, 2.45) is 0 Å². The molecule has 0 aromatic carbocycles. The van der Waals surface area contributed by atoms with E-state index in [0.717, 1.165) is 0 Å². The highest BCUT2D eigenvalue weighted by atomic mass is 16.5. The Balaban J connectivity index is 1.89. The van der Waals surface area contributed by atoms with Crippen LogP contribution in [0.2, 0.25) is 0 Å². The van der Waals surface area contributed by atoms with Crippen LogP contribution in [0, 0.1) is 0 Å². The number of carbonyl (C=O) groups excluding carboxylic acids is 1. The molecule has 0 aliphatic carbocycles. The Labute approximate surface area is 132 Å². The quantitative estimate of drug-likeness (QED) is 0.817. The molecule has 3 heterocycles. The van der Waals surface area contributed by atoms with Gasteiger partial charge in [0.1, 0.15) is 12.0 Å². The molecule has 23 heavy (non-hydrogen) atoms. The minimum atomic E-state index is -0.314. The number of nitrogens with zero attached hydrogens (tertiary/aromatic N) is 3. The highest BCUT2D eigenvalue weighted by Crippen LogP contribution is 2.17. The molecule has 0 bridgehead atoms. The van der Waals surface area contributed by atoms with Crippen molar-refractivity contribution in [3.8, 4) is 11.6 Å². The summed E-state index contributed by atoms with van der Waals surface area (Å²) in [6.45, 7) is 6.15. The van der Waals surface area contributed by atoms with Crippen molar-refractivity contribution < 1.29 is 13.9 Å². The number of rotatable bonds is 4. The lowest BCUT2D eigenvalue weighted by atomic mass is 10.3. The monoisotopic (exact) mass is 321 g/mol. The molecule has 3 rings (SSSR count). The van der Waals surface area contributed by atoms with Crippen LogP contribution < -0.4 is 15.9 Å². The highest BCUT2D eigenvalue weighted by molar-refractivity contribution is 5.92. The molecule has 0 saturated carbocycles. The van der Waals surface area contributed by atoms with E-state index >= 15 is 0 Å². The molecule has 1 aliphatic rings. The van der Waals surface area contributed by atoms with E-state index in [-0.39, 0.29) is 29.1 Å². The summed E-state index contributed by atoms with van der Waals surface area (Å²) < 4.78 is 10.7. The fourth-order valence-electron chi connectivity index (χ4n) is 2.34. The van der Waals surface area contributed by atoms with E-state index in [1.807, 2.05) is 18.9 Å². The fraction of sp³-hybridized carbons (Fsp3) is 0.500. The molecule has 0 spiro atoms. The SMILES string of the molecule is CC(C)NC(=O)c1coc(-c2cc(=O)[nH]n2N2CCOCC2)n1. The van der Waals surface area contributed by atoms with Crippen LogP contribution in [0.25, 0.3) is 11.6 Å². The Morgan fingerprint density at radius 3 is 2.83 bits per heavy atom. The van der Waals surface area contributed by atoms with Crippen LogP contribution in [0.4, 0.5) is 0 Å². The minimum absolute atomic E-state index is 0.00133. The zero-order valence-electron chi connectivity index (χ0n) is 13.0. The van der Waals surface area contributed by atoms with Gasteiger partial charge in [-0.2, -0.15) is 4.79 Å². The lowest BCUT2D eigenvalue weighted by Crippen LogP contribution is -2.45. The number of morpholine rings is 1. The lowest BCUT2D eigenvalue weighted by Gasteiger charge is -2.29. The second-order valence-electron chi connectivity index (χ2n) is 5.55. The second kappa shape index (κ2) is 6.29. The first-order chi connectivity index (χ1) is 11.0. The van der Waals surface area contributed by atoms with Crippen LogP contribution in [0.3, 0.4) is 0 Å². The Bertz CT molecular complexity index is 738. The zero-order chi connectivity index (χ0) is 16.4. The number of H-pyrrole nitrogens is 1. The van der Waals surface area contributed by atoms with Crippen molar-refractivity contribution in [3.63, 3.8) is 0 Å². The van der Waals surface area contributed by atoms with Crippen molar-refractivity contribution in [1.82, 2.24) is 20.2 Å². The van der Waals surface area contributed by atoms with Gasteiger partial charge in [0, 0.05) is 12.1 Å². The predicted octanol–water partition coefficient (Wildman–Crippen LogP) is -0.0622. The van der Waals surface area contributed by atoms with E-state index in [0.29, 0.717) is 32.0 Å². The van der Waals surface area contributed by atoms with E-state index in [9.17, 15) is 9.59 Å². The van der Waals surface area contributed by atoms with E-state index < -0.39 is 0 Å². The molecule has 2 aromatic heterocycles. The summed E-state index contributed by atoms with van der Waals surface area (Å²) in [4.78, 5) is 29.5. The Morgan fingerprint density at radius 2 is 2.13 bits per heavy atom. The number of hydrogen-bond acceptors (Lipinski definition) is 6. The molecular weight excluding hydrogens is 302 g/mol. The summed E-state index contributed by atoms with van der Waals surface area (Å²) in [5.41, 5.74) is 0.384. The average Bonchev–Trinajstić information content (AvgIpc) is 3.14. The van der Waals surface area contributed by atoms with Crippen LogP contribution in [-0.2, 0) is 4.74 Å². The third-order valence-electron chi connectivity index (χ3n) is 3.36. The molecule has 0 unspecified atom stereocenters. The van der Waals surface area contributed by atoms with Gasteiger partial charge < -0.3 is 14.5 Å². The van der Waals surface area contributed by atoms with Gasteiger partial charge in [0.05, 0.1) is 26.3 Å². The summed E-state index contributed by atoms with van der Waals surface area (Å²) >= 11 is 0. The maximum Gasteiger partial charge on any atom is 0.273 e. The van der Waals surface area contributed by atoms with Gasteiger partial charge in [0.15, 0.2) is 5.69 Å². The smallest absolute Gasteiger partial charge is 0.273 e. The van der Waals surface area contributed by atoms with E-state index in [1.165, 1.54) is 12.3 Å². The molecule has 124 valence electrons. The molecule has 9 heteroatoms. The highest BCUT2D eigenvalue weighted by Gasteiger charge is 2.21. The minimum Gasteiger partial charge on any atom is -0.442 e. The Morgan fingerprint density at radius 1 is 1.39 bits per heavy atom. The summed E-state index contributed by atoms with van der Waals surface area (Å²) in [5, 5.41) is 7.39. The van der Waals surface area contributed by atoms with Crippen molar-refractivity contribution in [1.29, 1.82) is 0 Å². The van der Waals surface area contributed by atoms with Crippen molar-refractivity contribution >= 4 is 5.91 Å². The lowest BCUT2D eigenvalue weighted by molar-refractivity contribution is 0.0938. The van der Waals surface area contributed by atoms with Gasteiger partial charge in [-0.3, -0.25) is 14.6 Å². The van der Waals surface area contributed by atoms with Gasteiger partial charge >= 0.3 is 0 Å². The maximum absolute atomic E-state index is 12.0. The Kier molecular flexibility index (Phi) is 4.20. The van der Waals surface area contributed by atoms with Crippen LogP contribution >= 0.6 is 0 Å². The third kappa shape index (κ3) is 3.29. The van der Waals surface area contributed by atoms with Crippen molar-refractivity contribution in [2.75, 3.05) is 31.3 Å². The summed E-state index contributed by atoms with van der Waals surface area (Å²) in [6, 6.07) is 1.40. The van der Waals surface area contributed by atoms with Crippen LogP contribution in [0.5, 0.6) is 0 Å². The number of ether oxygens (including phenoxy) is 1. The number of nitrogens with one attached hydrogen (secondary N) is 2. The maximum atomic E-state index is 12.0.